The van der Waals surface area contributed by atoms with Gasteiger partial charge in [0.25, 0.3) is 0 Å². The van der Waals surface area contributed by atoms with Crippen molar-refractivity contribution in [1.29, 1.82) is 0 Å². The molecular weight excluding hydrogens is 372 g/mol. The van der Waals surface area contributed by atoms with E-state index in [9.17, 15) is 0 Å². The van der Waals surface area contributed by atoms with E-state index in [2.05, 4.69) is 15.1 Å². The van der Waals surface area contributed by atoms with Gasteiger partial charge in [-0.05, 0) is 11.6 Å². The normalized spacial score (nSPS) is 11.3. The Morgan fingerprint density at radius 2 is 1.89 bits per heavy atom. The van der Waals surface area contributed by atoms with Crippen LogP contribution in [0.2, 0.25) is 0 Å². The number of pyridine rings is 1. The van der Waals surface area contributed by atoms with Crippen molar-refractivity contribution in [3.05, 3.63) is 66.7 Å². The molecule has 0 aliphatic carbocycles. The molecule has 0 aliphatic heterocycles. The maximum absolute atomic E-state index is 9.02. The van der Waals surface area contributed by atoms with Gasteiger partial charge >= 0.3 is 0 Å². The SMILES string of the molecule is OCCn1cc(-c2ccc(-c3cc4nccc(-c5cncs5)c4o3)cc2)cn1. The molecule has 5 rings (SSSR count). The third kappa shape index (κ3) is 3.00. The minimum atomic E-state index is 0.0731. The Labute approximate surface area is 164 Å². The second-order valence-electron chi connectivity index (χ2n) is 6.34. The topological polar surface area (TPSA) is 77.0 Å². The number of hydrogen-bond acceptors (Lipinski definition) is 6. The summed E-state index contributed by atoms with van der Waals surface area (Å²) in [6.07, 6.45) is 7.37. The number of rotatable bonds is 5. The minimum Gasteiger partial charge on any atom is -0.454 e. The Morgan fingerprint density at radius 3 is 2.68 bits per heavy atom. The van der Waals surface area contributed by atoms with Gasteiger partial charge in [0.1, 0.15) is 11.3 Å². The lowest BCUT2D eigenvalue weighted by atomic mass is 10.1. The number of aliphatic hydroxyl groups excluding tert-OH is 1. The summed E-state index contributed by atoms with van der Waals surface area (Å²) in [6.45, 7) is 0.565. The molecule has 0 radical (unpaired) electrons. The molecule has 7 heteroatoms. The van der Waals surface area contributed by atoms with Gasteiger partial charge in [0.15, 0.2) is 5.58 Å². The lowest BCUT2D eigenvalue weighted by molar-refractivity contribution is 0.269. The van der Waals surface area contributed by atoms with E-state index < -0.39 is 0 Å². The molecule has 5 aromatic rings. The molecule has 0 aliphatic rings. The van der Waals surface area contributed by atoms with E-state index in [4.69, 9.17) is 9.52 Å². The maximum atomic E-state index is 9.02. The van der Waals surface area contributed by atoms with Crippen LogP contribution in [0.3, 0.4) is 0 Å². The third-order valence-corrected chi connectivity index (χ3v) is 5.38. The predicted molar refractivity (Wildman–Crippen MR) is 109 cm³/mol. The Kier molecular flexibility index (Phi) is 4.23. The fourth-order valence-electron chi connectivity index (χ4n) is 3.19. The number of fused-ring (bicyclic) bond motifs is 1. The molecule has 0 saturated carbocycles. The van der Waals surface area contributed by atoms with Gasteiger partial charge in [-0.25, -0.2) is 0 Å². The smallest absolute Gasteiger partial charge is 0.161 e. The molecule has 4 aromatic heterocycles. The summed E-state index contributed by atoms with van der Waals surface area (Å²) in [5, 5.41) is 13.3. The van der Waals surface area contributed by atoms with Crippen LogP contribution in [0.25, 0.3) is 44.0 Å². The summed E-state index contributed by atoms with van der Waals surface area (Å²) < 4.78 is 7.89. The number of hydrogen-bond donors (Lipinski definition) is 1. The number of aliphatic hydroxyl groups is 1. The lowest BCUT2D eigenvalue weighted by Gasteiger charge is -2.01. The Morgan fingerprint density at radius 1 is 1.04 bits per heavy atom. The van der Waals surface area contributed by atoms with Crippen molar-refractivity contribution in [3.63, 3.8) is 0 Å². The highest BCUT2D eigenvalue weighted by Gasteiger charge is 2.13. The zero-order valence-corrected chi connectivity index (χ0v) is 15.6. The summed E-state index contributed by atoms with van der Waals surface area (Å²) in [4.78, 5) is 9.66. The van der Waals surface area contributed by atoms with Crippen LogP contribution in [0.5, 0.6) is 0 Å². The molecule has 28 heavy (non-hydrogen) atoms. The zero-order valence-electron chi connectivity index (χ0n) is 14.8. The fourth-order valence-corrected chi connectivity index (χ4v) is 3.83. The Balaban J connectivity index is 1.49. The van der Waals surface area contributed by atoms with E-state index in [0.717, 1.165) is 44.0 Å². The molecule has 0 spiro atoms. The molecule has 4 heterocycles. The molecule has 0 unspecified atom stereocenters. The Bertz CT molecular complexity index is 1220. The van der Waals surface area contributed by atoms with Crippen molar-refractivity contribution < 1.29 is 9.52 Å². The standard InChI is InChI=1S/C21H16N4O2S/c26-8-7-25-12-16(10-24-25)14-1-3-15(4-2-14)19-9-18-21(27-19)17(5-6-23-18)20-11-22-13-28-20/h1-6,9-13,26H,7-8H2. The number of thiazole rings is 1. The van der Waals surface area contributed by atoms with Gasteiger partial charge in [0, 0.05) is 41.3 Å². The van der Waals surface area contributed by atoms with E-state index in [1.807, 2.05) is 54.3 Å². The van der Waals surface area contributed by atoms with Crippen LogP contribution in [0.1, 0.15) is 0 Å². The minimum absolute atomic E-state index is 0.0731. The van der Waals surface area contributed by atoms with E-state index in [-0.39, 0.29) is 6.61 Å². The summed E-state index contributed by atoms with van der Waals surface area (Å²) in [5.74, 6) is 0.780. The van der Waals surface area contributed by atoms with Gasteiger partial charge in [0.05, 0.1) is 29.7 Å². The Hall–Kier alpha value is -3.29. The molecule has 1 N–H and O–H groups in total. The van der Waals surface area contributed by atoms with Gasteiger partial charge in [-0.1, -0.05) is 24.3 Å². The van der Waals surface area contributed by atoms with Crippen LogP contribution in [-0.2, 0) is 6.54 Å². The average Bonchev–Trinajstić information content (AvgIpc) is 3.48. The molecule has 0 atom stereocenters. The van der Waals surface area contributed by atoms with Crippen LogP contribution in [-0.4, -0.2) is 31.5 Å². The molecule has 0 fully saturated rings. The predicted octanol–water partition coefficient (Wildman–Crippen LogP) is 4.47. The van der Waals surface area contributed by atoms with Gasteiger partial charge in [-0.15, -0.1) is 11.3 Å². The summed E-state index contributed by atoms with van der Waals surface area (Å²) in [6, 6.07) is 12.1. The van der Waals surface area contributed by atoms with Gasteiger partial charge < -0.3 is 9.52 Å². The molecule has 0 bridgehead atoms. The van der Waals surface area contributed by atoms with Gasteiger partial charge in [-0.3, -0.25) is 14.6 Å². The maximum Gasteiger partial charge on any atom is 0.161 e. The first kappa shape index (κ1) is 16.9. The van der Waals surface area contributed by atoms with Crippen LogP contribution in [0, 0.1) is 0 Å². The highest BCUT2D eigenvalue weighted by Crippen LogP contribution is 2.35. The van der Waals surface area contributed by atoms with Crippen LogP contribution < -0.4 is 0 Å². The second-order valence-corrected chi connectivity index (χ2v) is 7.23. The van der Waals surface area contributed by atoms with Crippen molar-refractivity contribution in [2.45, 2.75) is 6.54 Å². The van der Waals surface area contributed by atoms with Crippen molar-refractivity contribution in [2.75, 3.05) is 6.61 Å². The van der Waals surface area contributed by atoms with Crippen molar-refractivity contribution in [3.8, 4) is 32.9 Å². The first-order chi connectivity index (χ1) is 13.8. The average molecular weight is 388 g/mol. The van der Waals surface area contributed by atoms with Crippen LogP contribution >= 0.6 is 11.3 Å². The number of benzene rings is 1. The molecule has 0 amide bonds. The first-order valence-electron chi connectivity index (χ1n) is 8.83. The quantitative estimate of drug-likeness (QED) is 0.480. The number of furan rings is 1. The molecule has 6 nitrogen and oxygen atoms in total. The van der Waals surface area contributed by atoms with Crippen molar-refractivity contribution in [1.82, 2.24) is 19.7 Å². The van der Waals surface area contributed by atoms with E-state index in [1.165, 1.54) is 0 Å². The fraction of sp³-hybridized carbons (Fsp3) is 0.0952. The van der Waals surface area contributed by atoms with Crippen molar-refractivity contribution >= 4 is 22.4 Å². The molecular formula is C21H16N4O2S. The second kappa shape index (κ2) is 7.03. The summed E-state index contributed by atoms with van der Waals surface area (Å²) in [7, 11) is 0. The van der Waals surface area contributed by atoms with Crippen LogP contribution in [0.15, 0.2) is 71.1 Å². The number of nitrogens with zero attached hydrogens (tertiary/aromatic N) is 4. The zero-order chi connectivity index (χ0) is 18.9. The molecule has 1 aromatic carbocycles. The highest BCUT2D eigenvalue weighted by molar-refractivity contribution is 7.13. The summed E-state index contributed by atoms with van der Waals surface area (Å²) >= 11 is 1.58. The largest absolute Gasteiger partial charge is 0.454 e. The summed E-state index contributed by atoms with van der Waals surface area (Å²) in [5.41, 5.74) is 7.48. The van der Waals surface area contributed by atoms with E-state index in [0.29, 0.717) is 6.54 Å². The third-order valence-electron chi connectivity index (χ3n) is 4.57. The molecule has 138 valence electrons. The van der Waals surface area contributed by atoms with Gasteiger partial charge in [0.2, 0.25) is 0 Å². The highest BCUT2D eigenvalue weighted by atomic mass is 32.1. The van der Waals surface area contributed by atoms with E-state index in [1.54, 1.807) is 28.4 Å². The first-order valence-corrected chi connectivity index (χ1v) is 9.71. The lowest BCUT2D eigenvalue weighted by Crippen LogP contribution is -2.01. The van der Waals surface area contributed by atoms with Gasteiger partial charge in [-0.2, -0.15) is 5.10 Å². The molecule has 0 saturated heterocycles. The van der Waals surface area contributed by atoms with E-state index >= 15 is 0 Å². The monoisotopic (exact) mass is 388 g/mol. The number of aromatic nitrogens is 4. The van der Waals surface area contributed by atoms with Crippen LogP contribution in [0.4, 0.5) is 0 Å². The van der Waals surface area contributed by atoms with Crippen molar-refractivity contribution in [2.24, 2.45) is 0 Å².